The SMILES string of the molecule is CC(C)C1CC(c2ccc3c(c2O)C(=O)c2c(cc(COC4CC(N)(C5CN5)C(O)C(C)O4)c4c(=O)cc(C5(C)OC5C)oc24)C3=O)OC(C)C1OC1CC(O)C(O)C(C)O1. The van der Waals surface area contributed by atoms with Gasteiger partial charge in [0.25, 0.3) is 0 Å². The van der Waals surface area contributed by atoms with E-state index >= 15 is 0 Å². The minimum atomic E-state index is -1.02. The van der Waals surface area contributed by atoms with E-state index in [-0.39, 0.29) is 88.0 Å². The van der Waals surface area contributed by atoms with Gasteiger partial charge in [-0.3, -0.25) is 14.4 Å². The Balaban J connectivity index is 1.06. The lowest BCUT2D eigenvalue weighted by Gasteiger charge is -2.45. The highest BCUT2D eigenvalue weighted by molar-refractivity contribution is 6.32. The van der Waals surface area contributed by atoms with Crippen molar-refractivity contribution in [1.29, 1.82) is 0 Å². The van der Waals surface area contributed by atoms with Crippen molar-refractivity contribution in [2.75, 3.05) is 6.54 Å². The van der Waals surface area contributed by atoms with Gasteiger partial charge in [-0.15, -0.1) is 0 Å². The number of hydrogen-bond donors (Lipinski definition) is 6. The van der Waals surface area contributed by atoms with E-state index in [1.165, 1.54) is 18.2 Å². The van der Waals surface area contributed by atoms with Crippen LogP contribution in [0.25, 0.3) is 11.0 Å². The van der Waals surface area contributed by atoms with Gasteiger partial charge in [0.2, 0.25) is 5.78 Å². The van der Waals surface area contributed by atoms with Gasteiger partial charge in [-0.1, -0.05) is 19.9 Å². The topological polar surface area (TPSA) is 252 Å². The Hall–Kier alpha value is -3.65. The smallest absolute Gasteiger partial charge is 0.202 e. The summed E-state index contributed by atoms with van der Waals surface area (Å²) in [5, 5.41) is 46.7. The minimum absolute atomic E-state index is 0.0195. The van der Waals surface area contributed by atoms with Gasteiger partial charge in [-0.25, -0.2) is 0 Å². The van der Waals surface area contributed by atoms with Gasteiger partial charge in [0.05, 0.1) is 77.5 Å². The van der Waals surface area contributed by atoms with Gasteiger partial charge in [-0.2, -0.15) is 0 Å². The molecule has 0 bridgehead atoms. The monoisotopic (exact) mass is 848 g/mol. The highest BCUT2D eigenvalue weighted by atomic mass is 16.7. The molecule has 0 saturated carbocycles. The lowest BCUT2D eigenvalue weighted by Crippen LogP contribution is -2.65. The lowest BCUT2D eigenvalue weighted by molar-refractivity contribution is -0.290. The van der Waals surface area contributed by atoms with Crippen LogP contribution in [0, 0.1) is 11.8 Å². The summed E-state index contributed by atoms with van der Waals surface area (Å²) >= 11 is 0. The van der Waals surface area contributed by atoms with Crippen molar-refractivity contribution in [3.05, 3.63) is 73.6 Å². The van der Waals surface area contributed by atoms with Gasteiger partial charge < -0.3 is 64.3 Å². The van der Waals surface area contributed by atoms with Gasteiger partial charge in [0.1, 0.15) is 23.2 Å². The van der Waals surface area contributed by atoms with Crippen LogP contribution in [0.2, 0.25) is 0 Å². The molecule has 0 spiro atoms. The molecule has 0 amide bonds. The number of phenols is 1. The number of hydrogen-bond acceptors (Lipinski definition) is 16. The maximum Gasteiger partial charge on any atom is 0.202 e. The predicted molar refractivity (Wildman–Crippen MR) is 216 cm³/mol. The molecule has 2 aromatic carbocycles. The van der Waals surface area contributed by atoms with Crippen LogP contribution >= 0.6 is 0 Å². The van der Waals surface area contributed by atoms with Crippen LogP contribution in [-0.4, -0.2) is 112 Å². The highest BCUT2D eigenvalue weighted by Crippen LogP contribution is 2.49. The number of carbonyl (C=O) groups excluding carboxylic acids is 2. The molecule has 5 saturated heterocycles. The average molecular weight is 849 g/mol. The second-order valence-corrected chi connectivity index (χ2v) is 18.5. The minimum Gasteiger partial charge on any atom is -0.507 e. The van der Waals surface area contributed by atoms with E-state index in [0.29, 0.717) is 18.5 Å². The molecule has 3 aromatic rings. The van der Waals surface area contributed by atoms with Crippen LogP contribution in [0.4, 0.5) is 0 Å². The lowest BCUT2D eigenvalue weighted by atomic mass is 9.77. The summed E-state index contributed by atoms with van der Waals surface area (Å²) in [7, 11) is 0. The fourth-order valence-electron chi connectivity index (χ4n) is 10.1. The fourth-order valence-corrected chi connectivity index (χ4v) is 10.1. The maximum absolute atomic E-state index is 14.9. The van der Waals surface area contributed by atoms with Gasteiger partial charge in [0.15, 0.2) is 29.4 Å². The number of aromatic hydroxyl groups is 1. The molecule has 61 heavy (non-hydrogen) atoms. The molecular formula is C45H56N2O14. The zero-order valence-corrected chi connectivity index (χ0v) is 35.4. The first kappa shape index (κ1) is 42.6. The van der Waals surface area contributed by atoms with Crippen LogP contribution in [0.15, 0.2) is 33.5 Å². The Morgan fingerprint density at radius 3 is 2.28 bits per heavy atom. The first-order chi connectivity index (χ1) is 28.8. The van der Waals surface area contributed by atoms with Crippen LogP contribution in [0.3, 0.4) is 0 Å². The Morgan fingerprint density at radius 1 is 0.918 bits per heavy atom. The van der Waals surface area contributed by atoms with Gasteiger partial charge in [-0.05, 0) is 70.6 Å². The molecule has 330 valence electrons. The van der Waals surface area contributed by atoms with Crippen molar-refractivity contribution in [3.63, 3.8) is 0 Å². The Morgan fingerprint density at radius 2 is 1.62 bits per heavy atom. The van der Waals surface area contributed by atoms with Crippen molar-refractivity contribution in [1.82, 2.24) is 5.32 Å². The molecule has 0 radical (unpaired) electrons. The molecule has 16 heteroatoms. The third-order valence-electron chi connectivity index (χ3n) is 14.2. The average Bonchev–Trinajstić information content (AvgIpc) is 4.15. The molecule has 6 heterocycles. The maximum atomic E-state index is 14.9. The first-order valence-electron chi connectivity index (χ1n) is 21.4. The number of phenolic OH excluding ortho intramolecular Hbond substituents is 1. The van der Waals surface area contributed by atoms with E-state index < -0.39 is 95.3 Å². The van der Waals surface area contributed by atoms with Crippen molar-refractivity contribution in [3.8, 4) is 5.75 Å². The summed E-state index contributed by atoms with van der Waals surface area (Å²) in [6, 6.07) is 5.80. The second kappa shape index (κ2) is 15.3. The number of benzene rings is 2. The molecular weight excluding hydrogens is 792 g/mol. The van der Waals surface area contributed by atoms with E-state index in [9.17, 15) is 34.8 Å². The summed E-state index contributed by atoms with van der Waals surface area (Å²) in [4.78, 5) is 43.6. The van der Waals surface area contributed by atoms with E-state index in [1.807, 2.05) is 13.8 Å². The van der Waals surface area contributed by atoms with Gasteiger partial charge >= 0.3 is 0 Å². The van der Waals surface area contributed by atoms with Crippen LogP contribution in [0.5, 0.6) is 5.75 Å². The number of aliphatic hydroxyl groups excluding tert-OH is 3. The summed E-state index contributed by atoms with van der Waals surface area (Å²) < 4.78 is 43.3. The van der Waals surface area contributed by atoms with E-state index in [0.717, 1.165) is 0 Å². The standard InChI is InChI=1S/C45H56N2O14/c1-17(2)25-11-29(56-19(4)41(25)60-32-13-28(49)37(50)18(3)57-32)23-8-9-24-35(39(23)52)40(53)36-26(38(24)51)10-22(34-27(48)12-31(59-42(34)36)44(7)21(6)61-44)16-55-33-14-45(46,30-15-47-30)43(54)20(5)58-33/h8-10,12,17-21,25,28-30,32-33,37,41,43,47,49-50,52,54H,11,13-16,46H2,1-7H3. The number of fused-ring (bicyclic) bond motifs is 4. The van der Waals surface area contributed by atoms with Crippen LogP contribution in [0.1, 0.15) is 123 Å². The van der Waals surface area contributed by atoms with E-state index in [2.05, 4.69) is 19.2 Å². The fraction of sp³-hybridized carbons (Fsp3) is 0.622. The van der Waals surface area contributed by atoms with Crippen molar-refractivity contribution < 1.29 is 62.9 Å². The number of ketones is 2. The third-order valence-corrected chi connectivity index (χ3v) is 14.2. The second-order valence-electron chi connectivity index (χ2n) is 18.5. The summed E-state index contributed by atoms with van der Waals surface area (Å²) in [6.07, 6.45) is -7.19. The number of ether oxygens (including phenoxy) is 6. The zero-order valence-electron chi connectivity index (χ0n) is 35.4. The number of rotatable bonds is 9. The number of epoxide rings is 1. The largest absolute Gasteiger partial charge is 0.507 e. The molecule has 1 aliphatic carbocycles. The highest BCUT2D eigenvalue weighted by Gasteiger charge is 2.55. The molecule has 7 N–H and O–H groups in total. The van der Waals surface area contributed by atoms with E-state index in [1.54, 1.807) is 26.8 Å². The van der Waals surface area contributed by atoms with Gasteiger partial charge in [0, 0.05) is 48.2 Å². The molecule has 6 aliphatic rings. The molecule has 15 unspecified atom stereocenters. The van der Waals surface area contributed by atoms with Crippen LogP contribution < -0.4 is 16.5 Å². The Labute approximate surface area is 352 Å². The summed E-state index contributed by atoms with van der Waals surface area (Å²) in [6.45, 7) is 13.4. The molecule has 5 aliphatic heterocycles. The summed E-state index contributed by atoms with van der Waals surface area (Å²) in [5.74, 6) is -1.51. The number of carbonyl (C=O) groups is 2. The molecule has 15 atom stereocenters. The Kier molecular flexibility index (Phi) is 10.7. The van der Waals surface area contributed by atoms with Crippen molar-refractivity contribution in [2.24, 2.45) is 17.6 Å². The number of nitrogens with one attached hydrogen (secondary N) is 1. The third kappa shape index (κ3) is 7.08. The van der Waals surface area contributed by atoms with Crippen molar-refractivity contribution >= 4 is 22.5 Å². The number of nitrogens with two attached hydrogens (primary N) is 1. The predicted octanol–water partition coefficient (Wildman–Crippen LogP) is 2.95. The molecule has 5 fully saturated rings. The number of aliphatic hydroxyl groups is 3. The quantitative estimate of drug-likeness (QED) is 0.133. The Bertz CT molecular complexity index is 2320. The van der Waals surface area contributed by atoms with Crippen molar-refractivity contribution in [2.45, 2.75) is 159 Å². The molecule has 9 rings (SSSR count). The first-order valence-corrected chi connectivity index (χ1v) is 21.4. The molecule has 1 aromatic heterocycles. The molecule has 16 nitrogen and oxygen atoms in total. The normalized spacial score (nSPS) is 39.6. The summed E-state index contributed by atoms with van der Waals surface area (Å²) in [5.41, 5.74) is 4.30. The van der Waals surface area contributed by atoms with E-state index in [4.69, 9.17) is 38.6 Å². The zero-order chi connectivity index (χ0) is 43.6. The van der Waals surface area contributed by atoms with Crippen LogP contribution in [-0.2, 0) is 40.6 Å².